The van der Waals surface area contributed by atoms with Crippen LogP contribution in [0.25, 0.3) is 0 Å². The molecule has 2 aromatic carbocycles. The highest BCUT2D eigenvalue weighted by molar-refractivity contribution is 5.95. The average molecular weight is 370 g/mol. The van der Waals surface area contributed by atoms with Crippen LogP contribution in [0.1, 0.15) is 43.1 Å². The van der Waals surface area contributed by atoms with E-state index in [0.29, 0.717) is 24.3 Å². The van der Waals surface area contributed by atoms with E-state index in [0.717, 1.165) is 11.3 Å². The summed E-state index contributed by atoms with van der Waals surface area (Å²) in [5.74, 6) is 0.822. The average Bonchev–Trinajstić information content (AvgIpc) is 2.66. The van der Waals surface area contributed by atoms with E-state index >= 15 is 0 Å². The summed E-state index contributed by atoms with van der Waals surface area (Å²) in [7, 11) is 0. The molecule has 0 atom stereocenters. The predicted molar refractivity (Wildman–Crippen MR) is 104 cm³/mol. The zero-order valence-electron chi connectivity index (χ0n) is 16.0. The number of carbonyl (C=O) groups excluding carboxylic acids is 2. The highest BCUT2D eigenvalue weighted by atomic mass is 16.5. The first-order chi connectivity index (χ1) is 13.0. The second kappa shape index (κ2) is 10.2. The highest BCUT2D eigenvalue weighted by Gasteiger charge is 2.10. The minimum Gasteiger partial charge on any atom is -0.494 e. The van der Waals surface area contributed by atoms with E-state index in [9.17, 15) is 9.59 Å². The Morgan fingerprint density at radius 3 is 2.37 bits per heavy atom. The van der Waals surface area contributed by atoms with Crippen molar-refractivity contribution in [3.8, 4) is 11.5 Å². The summed E-state index contributed by atoms with van der Waals surface area (Å²) < 4.78 is 11.1. The molecular weight excluding hydrogens is 344 g/mol. The number of aryl methyl sites for hydroxylation is 1. The van der Waals surface area contributed by atoms with E-state index in [4.69, 9.17) is 9.47 Å². The molecule has 0 radical (unpaired) electrons. The van der Waals surface area contributed by atoms with E-state index in [1.165, 1.54) is 0 Å². The Morgan fingerprint density at radius 2 is 1.70 bits per heavy atom. The minimum atomic E-state index is -0.380. The fourth-order valence-corrected chi connectivity index (χ4v) is 2.47. The van der Waals surface area contributed by atoms with Gasteiger partial charge in [-0.1, -0.05) is 18.2 Å². The van der Waals surface area contributed by atoms with E-state index in [-0.39, 0.29) is 24.3 Å². The number of rotatable bonds is 8. The lowest BCUT2D eigenvalue weighted by molar-refractivity contribution is -0.121. The molecule has 0 saturated heterocycles. The van der Waals surface area contributed by atoms with Gasteiger partial charge in [0.15, 0.2) is 0 Å². The van der Waals surface area contributed by atoms with Gasteiger partial charge in [0.2, 0.25) is 5.91 Å². The van der Waals surface area contributed by atoms with Gasteiger partial charge in [0.1, 0.15) is 11.5 Å². The standard InChI is InChI=1S/C21H26N2O4/c1-4-26-19-8-6-5-7-16(19)11-14-20(24)22-23-21(25)17-9-12-18(13-10-17)27-15(2)3/h5-10,12-13,15H,4,11,14H2,1-3H3,(H,22,24)(H,23,25). The maximum Gasteiger partial charge on any atom is 0.269 e. The smallest absolute Gasteiger partial charge is 0.269 e. The van der Waals surface area contributed by atoms with Crippen molar-refractivity contribution in [3.63, 3.8) is 0 Å². The molecule has 0 heterocycles. The number of carbonyl (C=O) groups is 2. The molecule has 0 spiro atoms. The van der Waals surface area contributed by atoms with Gasteiger partial charge in [-0.25, -0.2) is 0 Å². The number of nitrogens with one attached hydrogen (secondary N) is 2. The SMILES string of the molecule is CCOc1ccccc1CCC(=O)NNC(=O)c1ccc(OC(C)C)cc1. The largest absolute Gasteiger partial charge is 0.494 e. The second-order valence-corrected chi connectivity index (χ2v) is 6.23. The Kier molecular flexibility index (Phi) is 7.67. The second-order valence-electron chi connectivity index (χ2n) is 6.23. The van der Waals surface area contributed by atoms with Gasteiger partial charge < -0.3 is 9.47 Å². The van der Waals surface area contributed by atoms with Crippen LogP contribution in [-0.4, -0.2) is 24.5 Å². The van der Waals surface area contributed by atoms with Crippen molar-refractivity contribution in [1.82, 2.24) is 10.9 Å². The van der Waals surface area contributed by atoms with Crippen molar-refractivity contribution in [2.75, 3.05) is 6.61 Å². The lowest BCUT2D eigenvalue weighted by Crippen LogP contribution is -2.41. The molecule has 0 aromatic heterocycles. The first-order valence-electron chi connectivity index (χ1n) is 9.06. The van der Waals surface area contributed by atoms with Gasteiger partial charge in [-0.15, -0.1) is 0 Å². The van der Waals surface area contributed by atoms with Crippen LogP contribution in [0.5, 0.6) is 11.5 Å². The lowest BCUT2D eigenvalue weighted by atomic mass is 10.1. The number of para-hydroxylation sites is 1. The summed E-state index contributed by atoms with van der Waals surface area (Å²) in [4.78, 5) is 24.1. The van der Waals surface area contributed by atoms with Crippen LogP contribution in [0.2, 0.25) is 0 Å². The van der Waals surface area contributed by atoms with Crippen molar-refractivity contribution in [2.24, 2.45) is 0 Å². The van der Waals surface area contributed by atoms with Crippen molar-refractivity contribution < 1.29 is 19.1 Å². The highest BCUT2D eigenvalue weighted by Crippen LogP contribution is 2.19. The normalized spacial score (nSPS) is 10.4. The summed E-state index contributed by atoms with van der Waals surface area (Å²) in [6.45, 7) is 6.35. The molecule has 0 aliphatic heterocycles. The number of hydrogen-bond acceptors (Lipinski definition) is 4. The van der Waals surface area contributed by atoms with Crippen LogP contribution in [0, 0.1) is 0 Å². The van der Waals surface area contributed by atoms with E-state index < -0.39 is 0 Å². The van der Waals surface area contributed by atoms with Crippen molar-refractivity contribution in [1.29, 1.82) is 0 Å². The van der Waals surface area contributed by atoms with Crippen LogP contribution >= 0.6 is 0 Å². The third-order valence-corrected chi connectivity index (χ3v) is 3.70. The van der Waals surface area contributed by atoms with Gasteiger partial charge in [0.25, 0.3) is 5.91 Å². The van der Waals surface area contributed by atoms with Crippen LogP contribution < -0.4 is 20.3 Å². The molecule has 6 nitrogen and oxygen atoms in total. The lowest BCUT2D eigenvalue weighted by Gasteiger charge is -2.11. The van der Waals surface area contributed by atoms with Crippen molar-refractivity contribution in [3.05, 3.63) is 59.7 Å². The Hall–Kier alpha value is -3.02. The number of hydrogen-bond donors (Lipinski definition) is 2. The van der Waals surface area contributed by atoms with Gasteiger partial charge in [0.05, 0.1) is 12.7 Å². The number of benzene rings is 2. The third-order valence-electron chi connectivity index (χ3n) is 3.70. The molecule has 2 amide bonds. The predicted octanol–water partition coefficient (Wildman–Crippen LogP) is 3.27. The summed E-state index contributed by atoms with van der Waals surface area (Å²) in [6, 6.07) is 14.4. The maximum atomic E-state index is 12.1. The molecule has 0 aliphatic carbocycles. The first kappa shape index (κ1) is 20.3. The Bertz CT molecular complexity index is 757. The van der Waals surface area contributed by atoms with Crippen LogP contribution in [-0.2, 0) is 11.2 Å². The molecular formula is C21H26N2O4. The van der Waals surface area contributed by atoms with Gasteiger partial charge >= 0.3 is 0 Å². The molecule has 2 rings (SSSR count). The number of hydrazine groups is 1. The molecule has 27 heavy (non-hydrogen) atoms. The van der Waals surface area contributed by atoms with Crippen molar-refractivity contribution in [2.45, 2.75) is 39.7 Å². The van der Waals surface area contributed by atoms with E-state index in [1.807, 2.05) is 45.0 Å². The fraction of sp³-hybridized carbons (Fsp3) is 0.333. The number of ether oxygens (including phenoxy) is 2. The Balaban J connectivity index is 1.80. The van der Waals surface area contributed by atoms with Crippen LogP contribution in [0.3, 0.4) is 0 Å². The van der Waals surface area contributed by atoms with Gasteiger partial charge in [-0.2, -0.15) is 0 Å². The first-order valence-corrected chi connectivity index (χ1v) is 9.06. The molecule has 0 aliphatic rings. The van der Waals surface area contributed by atoms with Gasteiger partial charge in [0, 0.05) is 12.0 Å². The van der Waals surface area contributed by atoms with Crippen LogP contribution in [0.15, 0.2) is 48.5 Å². The molecule has 0 bridgehead atoms. The van der Waals surface area contributed by atoms with Crippen molar-refractivity contribution >= 4 is 11.8 Å². The van der Waals surface area contributed by atoms with E-state index in [2.05, 4.69) is 10.9 Å². The van der Waals surface area contributed by atoms with E-state index in [1.54, 1.807) is 24.3 Å². The summed E-state index contributed by atoms with van der Waals surface area (Å²) in [5.41, 5.74) is 6.26. The summed E-state index contributed by atoms with van der Waals surface area (Å²) in [5, 5.41) is 0. The van der Waals surface area contributed by atoms with Gasteiger partial charge in [-0.05, 0) is 63.1 Å². The summed E-state index contributed by atoms with van der Waals surface area (Å²) in [6.07, 6.45) is 0.835. The third kappa shape index (κ3) is 6.66. The van der Waals surface area contributed by atoms with Gasteiger partial charge in [-0.3, -0.25) is 20.4 Å². The fourth-order valence-electron chi connectivity index (χ4n) is 2.47. The monoisotopic (exact) mass is 370 g/mol. The number of amides is 2. The molecule has 0 fully saturated rings. The van der Waals surface area contributed by atoms with Crippen LogP contribution in [0.4, 0.5) is 0 Å². The molecule has 144 valence electrons. The Labute approximate surface area is 159 Å². The maximum absolute atomic E-state index is 12.1. The molecule has 0 saturated carbocycles. The summed E-state index contributed by atoms with van der Waals surface area (Å²) >= 11 is 0. The quantitative estimate of drug-likeness (QED) is 0.699. The molecule has 0 unspecified atom stereocenters. The Morgan fingerprint density at radius 1 is 1.00 bits per heavy atom. The minimum absolute atomic E-state index is 0.0665. The zero-order chi connectivity index (χ0) is 19.6. The molecule has 2 aromatic rings. The topological polar surface area (TPSA) is 76.7 Å². The molecule has 2 N–H and O–H groups in total. The zero-order valence-corrected chi connectivity index (χ0v) is 16.0. The molecule has 6 heteroatoms.